The fraction of sp³-hybridized carbons (Fsp3) is 0.372. The van der Waals surface area contributed by atoms with Gasteiger partial charge in [0.15, 0.2) is 18.1 Å². The molecule has 0 aliphatic heterocycles. The number of nitrogens with one attached hydrogen (secondary N) is 5. The fourth-order valence-electron chi connectivity index (χ4n) is 5.07. The van der Waals surface area contributed by atoms with Gasteiger partial charge in [-0.05, 0) is 142 Å². The van der Waals surface area contributed by atoms with E-state index in [-0.39, 0.29) is 31.6 Å². The lowest BCUT2D eigenvalue weighted by atomic mass is 10.0. The van der Waals surface area contributed by atoms with E-state index in [0.717, 1.165) is 11.1 Å². The molecule has 0 saturated carbocycles. The van der Waals surface area contributed by atoms with Gasteiger partial charge in [-0.2, -0.15) is 0 Å². The van der Waals surface area contributed by atoms with Crippen LogP contribution in [0.15, 0.2) is 78.3 Å². The molecule has 0 radical (unpaired) electrons. The van der Waals surface area contributed by atoms with Gasteiger partial charge in [0, 0.05) is 35.6 Å². The molecule has 3 aromatic carbocycles. The summed E-state index contributed by atoms with van der Waals surface area (Å²) >= 11 is 0. The van der Waals surface area contributed by atoms with Crippen LogP contribution in [0.5, 0.6) is 11.5 Å². The first-order valence-electron chi connectivity index (χ1n) is 18.6. The Labute approximate surface area is 334 Å². The minimum absolute atomic E-state index is 0.158. The topological polar surface area (TPSA) is 186 Å². The number of hydrogen-bond donors (Lipinski definition) is 5. The zero-order valence-electron chi connectivity index (χ0n) is 34.4. The van der Waals surface area contributed by atoms with Crippen molar-refractivity contribution in [2.24, 2.45) is 0 Å². The Bertz CT molecular complexity index is 1980. The molecule has 3 amide bonds. The smallest absolute Gasteiger partial charge is 0.417 e. The van der Waals surface area contributed by atoms with Gasteiger partial charge < -0.3 is 39.6 Å². The van der Waals surface area contributed by atoms with Gasteiger partial charge in [0.1, 0.15) is 23.0 Å². The molecule has 0 aliphatic carbocycles. The van der Waals surface area contributed by atoms with E-state index in [2.05, 4.69) is 21.3 Å². The normalized spacial score (nSPS) is 11.6. The summed E-state index contributed by atoms with van der Waals surface area (Å²) in [5.41, 5.74) is 3.35. The molecule has 14 heteroatoms. The highest BCUT2D eigenvalue weighted by Gasteiger charge is 2.22. The number of ether oxygens (including phenoxy) is 5. The number of anilines is 2. The zero-order chi connectivity index (χ0) is 42.3. The first kappa shape index (κ1) is 45.1. The van der Waals surface area contributed by atoms with Gasteiger partial charge in [-0.1, -0.05) is 11.6 Å². The van der Waals surface area contributed by atoms with Crippen LogP contribution in [-0.2, 0) is 32.0 Å². The van der Waals surface area contributed by atoms with Crippen LogP contribution in [0.25, 0.3) is 0 Å². The van der Waals surface area contributed by atoms with E-state index in [1.807, 2.05) is 39.0 Å². The number of benzene rings is 3. The summed E-state index contributed by atoms with van der Waals surface area (Å²) in [5, 5.41) is 19.6. The van der Waals surface area contributed by atoms with Crippen LogP contribution in [0.4, 0.5) is 21.0 Å². The van der Waals surface area contributed by atoms with Crippen LogP contribution in [-0.4, -0.2) is 54.8 Å². The molecule has 0 aliphatic rings. The molecule has 306 valence electrons. The molecule has 57 heavy (non-hydrogen) atoms. The van der Waals surface area contributed by atoms with Gasteiger partial charge in [-0.25, -0.2) is 14.4 Å². The van der Waals surface area contributed by atoms with E-state index in [9.17, 15) is 19.2 Å². The van der Waals surface area contributed by atoms with Gasteiger partial charge in [-0.3, -0.25) is 15.5 Å². The molecule has 0 saturated heterocycles. The molecule has 0 atom stereocenters. The number of alkyl carbamates (subject to hydrolysis) is 2. The summed E-state index contributed by atoms with van der Waals surface area (Å²) in [5.74, 6) is 0.494. The number of carbonyl (C=O) groups is 4. The summed E-state index contributed by atoms with van der Waals surface area (Å²) in [6.07, 6.45) is 2.15. The third kappa shape index (κ3) is 15.4. The molecule has 0 fully saturated rings. The fourth-order valence-corrected chi connectivity index (χ4v) is 5.07. The molecule has 5 N–H and O–H groups in total. The lowest BCUT2D eigenvalue weighted by Crippen LogP contribution is -2.30. The Morgan fingerprint density at radius 1 is 0.877 bits per heavy atom. The Morgan fingerprint density at radius 3 is 2.14 bits per heavy atom. The van der Waals surface area contributed by atoms with Gasteiger partial charge in [0.2, 0.25) is 0 Å². The van der Waals surface area contributed by atoms with E-state index >= 15 is 0 Å². The van der Waals surface area contributed by atoms with Crippen LogP contribution in [0, 0.1) is 12.3 Å². The second-order valence-corrected chi connectivity index (χ2v) is 14.3. The van der Waals surface area contributed by atoms with Crippen LogP contribution in [0.2, 0.25) is 0 Å². The highest BCUT2D eigenvalue weighted by molar-refractivity contribution is 6.09. The van der Waals surface area contributed by atoms with E-state index < -0.39 is 29.7 Å². The number of amides is 3. The summed E-state index contributed by atoms with van der Waals surface area (Å²) in [6, 6.07) is 15.6. The van der Waals surface area contributed by atoms with E-state index in [4.69, 9.17) is 29.1 Å². The molecular weight excluding hydrogens is 730 g/mol. The second-order valence-electron chi connectivity index (χ2n) is 14.3. The average molecular weight is 786 g/mol. The number of hydrogen-bond acceptors (Lipinski definition) is 11. The number of aryl methyl sites for hydroxylation is 1. The number of esters is 1. The summed E-state index contributed by atoms with van der Waals surface area (Å²) in [7, 11) is 0. The van der Waals surface area contributed by atoms with E-state index in [1.165, 1.54) is 0 Å². The van der Waals surface area contributed by atoms with Crippen molar-refractivity contribution in [3.63, 3.8) is 0 Å². The monoisotopic (exact) mass is 785 g/mol. The predicted octanol–water partition coefficient (Wildman–Crippen LogP) is 8.53. The van der Waals surface area contributed by atoms with Crippen LogP contribution in [0.3, 0.4) is 0 Å². The first-order valence-corrected chi connectivity index (χ1v) is 18.6. The number of allylic oxidation sites excluding steroid dienone is 4. The molecule has 0 aromatic heterocycles. The summed E-state index contributed by atoms with van der Waals surface area (Å²) in [4.78, 5) is 50.7. The Hall–Kier alpha value is -6.31. The molecule has 0 spiro atoms. The van der Waals surface area contributed by atoms with Crippen molar-refractivity contribution in [3.8, 4) is 11.5 Å². The lowest BCUT2D eigenvalue weighted by Gasteiger charge is -2.22. The maximum Gasteiger partial charge on any atom is 0.417 e. The van der Waals surface area contributed by atoms with E-state index in [0.29, 0.717) is 57.5 Å². The van der Waals surface area contributed by atoms with Crippen LogP contribution in [0.1, 0.15) is 94.9 Å². The van der Waals surface area contributed by atoms with Gasteiger partial charge in [-0.15, -0.1) is 0 Å². The highest BCUT2D eigenvalue weighted by atomic mass is 16.6. The Kier molecular flexibility index (Phi) is 16.7. The SMILES string of the molecule is C/C=C(/C)OC(=O)NCCc1cc(CNc2ccc(C)cc2C(=O)Nc2ccc(C(=N)NC(=O)O/C(C)=C\C)cc2)c(OCC(=O)OC(C)(C)C)c(OC(C)C)c1. The van der Waals surface area contributed by atoms with Crippen molar-refractivity contribution >= 4 is 41.3 Å². The standard InChI is InChI=1S/C43H55N5O9/c1-11-28(6)55-41(51)45-20-19-30-22-32(38(36(23-30)54-26(3)4)53-25-37(49)57-43(8,9)10)24-46-35-18-13-27(5)21-34(35)40(50)47-33-16-14-31(15-17-33)39(44)48-42(52)56-29(7)12-2/h11-18,21-23,26,46H,19-20,24-25H2,1-10H3,(H,45,51)(H,47,50)(H2,44,48,52)/b28-11-,29-12-. The summed E-state index contributed by atoms with van der Waals surface area (Å²) in [6.45, 7) is 17.8. The molecule has 0 unspecified atom stereocenters. The number of carbonyl (C=O) groups excluding carboxylic acids is 4. The quantitative estimate of drug-likeness (QED) is 0.0310. The largest absolute Gasteiger partial charge is 0.487 e. The minimum atomic E-state index is -0.779. The highest BCUT2D eigenvalue weighted by Crippen LogP contribution is 2.35. The number of rotatable bonds is 16. The minimum Gasteiger partial charge on any atom is -0.487 e. The maximum absolute atomic E-state index is 13.7. The Morgan fingerprint density at radius 2 is 1.53 bits per heavy atom. The third-order valence-corrected chi connectivity index (χ3v) is 7.86. The van der Waals surface area contributed by atoms with Crippen molar-refractivity contribution in [2.45, 2.75) is 93.9 Å². The Balaban J connectivity index is 1.88. The number of amidine groups is 1. The maximum atomic E-state index is 13.7. The van der Waals surface area contributed by atoms with Crippen LogP contribution < -0.4 is 30.7 Å². The molecule has 0 heterocycles. The molecule has 0 bridgehead atoms. The second kappa shape index (κ2) is 21.1. The van der Waals surface area contributed by atoms with Crippen molar-refractivity contribution in [1.82, 2.24) is 10.6 Å². The van der Waals surface area contributed by atoms with Crippen molar-refractivity contribution in [3.05, 3.63) is 106 Å². The first-order chi connectivity index (χ1) is 26.9. The van der Waals surface area contributed by atoms with Gasteiger partial charge >= 0.3 is 18.2 Å². The van der Waals surface area contributed by atoms with Crippen LogP contribution >= 0.6 is 0 Å². The van der Waals surface area contributed by atoms with Gasteiger partial charge in [0.25, 0.3) is 5.91 Å². The molecular formula is C43H55N5O9. The molecule has 14 nitrogen and oxygen atoms in total. The lowest BCUT2D eigenvalue weighted by molar-refractivity contribution is -0.157. The zero-order valence-corrected chi connectivity index (χ0v) is 34.4. The van der Waals surface area contributed by atoms with Crippen molar-refractivity contribution in [1.29, 1.82) is 5.41 Å². The third-order valence-electron chi connectivity index (χ3n) is 7.86. The molecule has 3 aromatic rings. The summed E-state index contributed by atoms with van der Waals surface area (Å²) < 4.78 is 28.0. The van der Waals surface area contributed by atoms with E-state index in [1.54, 1.807) is 97.0 Å². The molecule has 3 rings (SSSR count). The van der Waals surface area contributed by atoms with Gasteiger partial charge in [0.05, 0.1) is 11.7 Å². The van der Waals surface area contributed by atoms with Crippen molar-refractivity contribution in [2.75, 3.05) is 23.8 Å². The average Bonchev–Trinajstić information content (AvgIpc) is 3.12. The van der Waals surface area contributed by atoms with Crippen molar-refractivity contribution < 1.29 is 42.9 Å². The predicted molar refractivity (Wildman–Crippen MR) is 220 cm³/mol.